The van der Waals surface area contributed by atoms with Crippen molar-refractivity contribution in [3.05, 3.63) is 52.3 Å². The van der Waals surface area contributed by atoms with Gasteiger partial charge in [-0.3, -0.25) is 4.79 Å². The SMILES string of the molecule is Cc1cc2c(C)c(C(=O)N3CCCCCC3)oc2c(S(=O)(=O)NCc2ccc3c(c2)OCO3)c1C. The van der Waals surface area contributed by atoms with Crippen LogP contribution in [0, 0.1) is 20.8 Å². The summed E-state index contributed by atoms with van der Waals surface area (Å²) in [5, 5.41) is 0.648. The van der Waals surface area contributed by atoms with Gasteiger partial charge in [0, 0.05) is 30.6 Å². The van der Waals surface area contributed by atoms with Crippen molar-refractivity contribution in [2.24, 2.45) is 0 Å². The van der Waals surface area contributed by atoms with E-state index in [4.69, 9.17) is 13.9 Å². The Morgan fingerprint density at radius 3 is 2.43 bits per heavy atom. The van der Waals surface area contributed by atoms with Gasteiger partial charge < -0.3 is 18.8 Å². The lowest BCUT2D eigenvalue weighted by atomic mass is 10.0. The van der Waals surface area contributed by atoms with Crippen molar-refractivity contribution in [3.8, 4) is 11.5 Å². The van der Waals surface area contributed by atoms with Crippen LogP contribution in [0.5, 0.6) is 11.5 Å². The number of furan rings is 1. The van der Waals surface area contributed by atoms with E-state index in [1.54, 1.807) is 25.1 Å². The summed E-state index contributed by atoms with van der Waals surface area (Å²) in [6.07, 6.45) is 4.15. The molecule has 1 saturated heterocycles. The Hall–Kier alpha value is -3.04. The van der Waals surface area contributed by atoms with Crippen LogP contribution in [-0.2, 0) is 16.6 Å². The molecular weight excluding hydrogens is 468 g/mol. The lowest BCUT2D eigenvalue weighted by Crippen LogP contribution is -2.31. The smallest absolute Gasteiger partial charge is 0.289 e. The topological polar surface area (TPSA) is 98.1 Å². The van der Waals surface area contributed by atoms with Gasteiger partial charge in [0.2, 0.25) is 16.8 Å². The van der Waals surface area contributed by atoms with E-state index in [1.165, 1.54) is 0 Å². The number of nitrogens with zero attached hydrogens (tertiary/aromatic N) is 1. The number of carbonyl (C=O) groups excluding carboxylic acids is 1. The summed E-state index contributed by atoms with van der Waals surface area (Å²) in [5.74, 6) is 1.28. The van der Waals surface area contributed by atoms with E-state index in [0.717, 1.165) is 36.8 Å². The molecule has 3 heterocycles. The van der Waals surface area contributed by atoms with Gasteiger partial charge >= 0.3 is 0 Å². The van der Waals surface area contributed by atoms with Gasteiger partial charge in [0.15, 0.2) is 22.8 Å². The number of carbonyl (C=O) groups is 1. The summed E-state index contributed by atoms with van der Waals surface area (Å²) in [6.45, 7) is 7.06. The molecule has 1 amide bonds. The van der Waals surface area contributed by atoms with Crippen LogP contribution >= 0.6 is 0 Å². The van der Waals surface area contributed by atoms with Gasteiger partial charge in [0.1, 0.15) is 4.90 Å². The number of hydrogen-bond acceptors (Lipinski definition) is 6. The minimum Gasteiger partial charge on any atom is -0.454 e. The number of benzene rings is 2. The van der Waals surface area contributed by atoms with E-state index in [1.807, 2.05) is 24.8 Å². The van der Waals surface area contributed by atoms with Crippen molar-refractivity contribution in [2.45, 2.75) is 57.9 Å². The minimum atomic E-state index is -3.95. The number of aryl methyl sites for hydroxylation is 2. The molecule has 35 heavy (non-hydrogen) atoms. The maximum atomic E-state index is 13.5. The van der Waals surface area contributed by atoms with Crippen molar-refractivity contribution < 1.29 is 27.1 Å². The quantitative estimate of drug-likeness (QED) is 0.553. The van der Waals surface area contributed by atoms with E-state index in [2.05, 4.69) is 4.72 Å². The highest BCUT2D eigenvalue weighted by molar-refractivity contribution is 7.89. The molecule has 0 saturated carbocycles. The van der Waals surface area contributed by atoms with Gasteiger partial charge in [-0.2, -0.15) is 0 Å². The molecule has 186 valence electrons. The Morgan fingerprint density at radius 2 is 1.69 bits per heavy atom. The van der Waals surface area contributed by atoms with Gasteiger partial charge in [-0.25, -0.2) is 13.1 Å². The fourth-order valence-corrected chi connectivity index (χ4v) is 6.25. The second-order valence-corrected chi connectivity index (χ2v) is 11.0. The monoisotopic (exact) mass is 498 g/mol. The van der Waals surface area contributed by atoms with E-state index in [-0.39, 0.29) is 35.5 Å². The third-order valence-corrected chi connectivity index (χ3v) is 8.51. The number of nitrogens with one attached hydrogen (secondary N) is 1. The molecule has 0 spiro atoms. The Balaban J connectivity index is 1.50. The predicted octanol–water partition coefficient (Wildman–Crippen LogP) is 4.58. The normalized spacial score (nSPS) is 16.0. The molecule has 0 unspecified atom stereocenters. The van der Waals surface area contributed by atoms with E-state index in [0.29, 0.717) is 41.1 Å². The molecule has 2 aliphatic heterocycles. The molecule has 5 rings (SSSR count). The average Bonchev–Trinajstić information content (AvgIpc) is 3.31. The summed E-state index contributed by atoms with van der Waals surface area (Å²) >= 11 is 0. The summed E-state index contributed by atoms with van der Waals surface area (Å²) in [4.78, 5) is 15.2. The van der Waals surface area contributed by atoms with Gasteiger partial charge in [0.25, 0.3) is 5.91 Å². The van der Waals surface area contributed by atoms with Crippen LogP contribution in [0.3, 0.4) is 0 Å². The average molecular weight is 499 g/mol. The Bertz CT molecular complexity index is 1400. The van der Waals surface area contributed by atoms with Crippen molar-refractivity contribution in [1.29, 1.82) is 0 Å². The van der Waals surface area contributed by atoms with Crippen molar-refractivity contribution >= 4 is 26.9 Å². The summed E-state index contributed by atoms with van der Waals surface area (Å²) in [5.41, 5.74) is 3.05. The molecule has 0 bridgehead atoms. The molecule has 8 nitrogen and oxygen atoms in total. The molecule has 9 heteroatoms. The number of amides is 1. The first-order valence-electron chi connectivity index (χ1n) is 12.0. The van der Waals surface area contributed by atoms with Crippen LogP contribution in [0.4, 0.5) is 0 Å². The molecule has 3 aromatic rings. The molecule has 1 fully saturated rings. The van der Waals surface area contributed by atoms with Gasteiger partial charge in [-0.1, -0.05) is 18.9 Å². The first-order chi connectivity index (χ1) is 16.8. The molecule has 2 aliphatic rings. The zero-order valence-electron chi connectivity index (χ0n) is 20.3. The molecule has 0 aliphatic carbocycles. The molecule has 1 N–H and O–H groups in total. The van der Waals surface area contributed by atoms with Crippen LogP contribution in [0.25, 0.3) is 11.0 Å². The van der Waals surface area contributed by atoms with Crippen LogP contribution in [0.1, 0.15) is 58.5 Å². The summed E-state index contributed by atoms with van der Waals surface area (Å²) < 4.78 is 46.6. The number of sulfonamides is 1. The fourth-order valence-electron chi connectivity index (χ4n) is 4.79. The number of fused-ring (bicyclic) bond motifs is 2. The second-order valence-electron chi connectivity index (χ2n) is 9.30. The van der Waals surface area contributed by atoms with Crippen molar-refractivity contribution in [1.82, 2.24) is 9.62 Å². The lowest BCUT2D eigenvalue weighted by Gasteiger charge is -2.19. The maximum absolute atomic E-state index is 13.5. The Kier molecular flexibility index (Phi) is 6.23. The van der Waals surface area contributed by atoms with E-state index < -0.39 is 10.0 Å². The third kappa shape index (κ3) is 4.38. The van der Waals surface area contributed by atoms with Crippen LogP contribution in [0.15, 0.2) is 33.6 Å². The number of ether oxygens (including phenoxy) is 2. The van der Waals surface area contributed by atoms with Crippen molar-refractivity contribution in [2.75, 3.05) is 19.9 Å². The lowest BCUT2D eigenvalue weighted by molar-refractivity contribution is 0.0730. The highest BCUT2D eigenvalue weighted by atomic mass is 32.2. The Labute approximate surface area is 205 Å². The standard InChI is InChI=1S/C26H30N2O6S/c1-16-12-20-18(3)23(26(29)28-10-6-4-5-7-11-28)34-24(20)25(17(16)2)35(30,31)27-14-19-8-9-21-22(13-19)33-15-32-21/h8-9,12-13,27H,4-7,10-11,14-15H2,1-3H3. The van der Waals surface area contributed by atoms with Gasteiger partial charge in [-0.05, 0) is 68.5 Å². The second kappa shape index (κ2) is 9.20. The minimum absolute atomic E-state index is 0.0752. The number of hydrogen-bond donors (Lipinski definition) is 1. The maximum Gasteiger partial charge on any atom is 0.289 e. The van der Waals surface area contributed by atoms with Crippen LogP contribution < -0.4 is 14.2 Å². The molecule has 0 radical (unpaired) electrons. The molecule has 1 aromatic heterocycles. The first-order valence-corrected chi connectivity index (χ1v) is 13.5. The highest BCUT2D eigenvalue weighted by Gasteiger charge is 2.30. The fraction of sp³-hybridized carbons (Fsp3) is 0.423. The van der Waals surface area contributed by atoms with Crippen LogP contribution in [-0.4, -0.2) is 39.1 Å². The van der Waals surface area contributed by atoms with Crippen LogP contribution in [0.2, 0.25) is 0 Å². The van der Waals surface area contributed by atoms with Crippen molar-refractivity contribution in [3.63, 3.8) is 0 Å². The van der Waals surface area contributed by atoms with E-state index in [9.17, 15) is 13.2 Å². The summed E-state index contributed by atoms with van der Waals surface area (Å²) in [6, 6.07) is 7.22. The summed E-state index contributed by atoms with van der Waals surface area (Å²) in [7, 11) is -3.95. The molecular formula is C26H30N2O6S. The van der Waals surface area contributed by atoms with Gasteiger partial charge in [0.05, 0.1) is 0 Å². The number of rotatable bonds is 5. The molecule has 2 aromatic carbocycles. The highest BCUT2D eigenvalue weighted by Crippen LogP contribution is 2.36. The van der Waals surface area contributed by atoms with E-state index >= 15 is 0 Å². The molecule has 0 atom stereocenters. The van der Waals surface area contributed by atoms with Gasteiger partial charge in [-0.15, -0.1) is 0 Å². The Morgan fingerprint density at radius 1 is 0.971 bits per heavy atom. The first kappa shape index (κ1) is 23.7. The zero-order chi connectivity index (χ0) is 24.7. The zero-order valence-corrected chi connectivity index (χ0v) is 21.1. The third-order valence-electron chi connectivity index (χ3n) is 6.95. The number of likely N-dealkylation sites (tertiary alicyclic amines) is 1. The largest absolute Gasteiger partial charge is 0.454 e. The predicted molar refractivity (Wildman–Crippen MR) is 131 cm³/mol.